The summed E-state index contributed by atoms with van der Waals surface area (Å²) in [5.41, 5.74) is 1.49. The van der Waals surface area contributed by atoms with Crippen LogP contribution in [0.2, 0.25) is 25.7 Å². The lowest BCUT2D eigenvalue weighted by Crippen LogP contribution is -2.43. The number of nitrogens with zero attached hydrogens (tertiary/aromatic N) is 6. The molecule has 4 rings (SSSR count). The highest BCUT2D eigenvalue weighted by Gasteiger charge is 2.34. The number of aromatic nitrogens is 5. The van der Waals surface area contributed by atoms with E-state index in [1.54, 1.807) is 22.0 Å². The van der Waals surface area contributed by atoms with Crippen LogP contribution < -0.4 is 4.90 Å². The second kappa shape index (κ2) is 11.7. The van der Waals surface area contributed by atoms with Gasteiger partial charge in [0.15, 0.2) is 17.5 Å². The molecule has 0 bridgehead atoms. The van der Waals surface area contributed by atoms with Gasteiger partial charge in [-0.3, -0.25) is 9.69 Å². The van der Waals surface area contributed by atoms with E-state index in [1.807, 2.05) is 6.92 Å². The fraction of sp³-hybridized carbons (Fsp3) is 0.500. The van der Waals surface area contributed by atoms with Crippen molar-refractivity contribution in [3.8, 4) is 11.4 Å². The van der Waals surface area contributed by atoms with Gasteiger partial charge in [-0.15, -0.1) is 19.2 Å². The van der Waals surface area contributed by atoms with E-state index in [0.29, 0.717) is 48.9 Å². The number of carbonyl (C=O) groups excluding carboxylic acids is 1. The molecular weight excluding hydrogens is 513 g/mol. The van der Waals surface area contributed by atoms with Crippen molar-refractivity contribution >= 4 is 19.9 Å². The van der Waals surface area contributed by atoms with E-state index in [4.69, 9.17) is 9.72 Å². The molecular formula is C26H33F3N6O2Si-. The minimum atomic E-state index is -1.30. The van der Waals surface area contributed by atoms with Crippen LogP contribution in [0.25, 0.3) is 11.4 Å². The summed E-state index contributed by atoms with van der Waals surface area (Å²) in [7, 11) is -1.30. The Bertz CT molecular complexity index is 1300. The summed E-state index contributed by atoms with van der Waals surface area (Å²) in [5, 5.41) is 12.5. The summed E-state index contributed by atoms with van der Waals surface area (Å²) >= 11 is 0. The maximum Gasteiger partial charge on any atom is 0.233 e. The maximum atomic E-state index is 14.2. The number of aryl methyl sites for hydroxylation is 1. The van der Waals surface area contributed by atoms with Crippen LogP contribution in [0.5, 0.6) is 0 Å². The van der Waals surface area contributed by atoms with Gasteiger partial charge in [0.25, 0.3) is 0 Å². The monoisotopic (exact) mass is 546 g/mol. The van der Waals surface area contributed by atoms with E-state index in [9.17, 15) is 18.0 Å². The molecule has 1 unspecified atom stereocenters. The zero-order valence-electron chi connectivity index (χ0n) is 22.2. The number of rotatable bonds is 10. The molecule has 205 valence electrons. The van der Waals surface area contributed by atoms with Gasteiger partial charge in [-0.2, -0.15) is 34.8 Å². The van der Waals surface area contributed by atoms with E-state index < -0.39 is 32.3 Å². The van der Waals surface area contributed by atoms with Crippen LogP contribution >= 0.6 is 0 Å². The average Bonchev–Trinajstić information content (AvgIpc) is 3.29. The van der Waals surface area contributed by atoms with Gasteiger partial charge < -0.3 is 4.74 Å². The van der Waals surface area contributed by atoms with Crippen LogP contribution in [0.4, 0.5) is 19.1 Å². The lowest BCUT2D eigenvalue weighted by Gasteiger charge is -2.31. The molecule has 3 aromatic rings. The zero-order chi connectivity index (χ0) is 27.4. The average molecular weight is 547 g/mol. The molecule has 0 spiro atoms. The highest BCUT2D eigenvalue weighted by molar-refractivity contribution is 6.76. The third-order valence-electron chi connectivity index (χ3n) is 6.72. The van der Waals surface area contributed by atoms with E-state index in [2.05, 4.69) is 34.9 Å². The lowest BCUT2D eigenvalue weighted by molar-refractivity contribution is -0.123. The number of halogens is 3. The largest absolute Gasteiger partial charge is 0.362 e. The lowest BCUT2D eigenvalue weighted by atomic mass is 9.88. The molecule has 1 amide bonds. The molecule has 0 N–H and O–H groups in total. The van der Waals surface area contributed by atoms with Crippen LogP contribution in [-0.4, -0.2) is 52.1 Å². The molecule has 1 fully saturated rings. The minimum Gasteiger partial charge on any atom is -0.362 e. The highest BCUT2D eigenvalue weighted by Crippen LogP contribution is 2.30. The third kappa shape index (κ3) is 6.29. The van der Waals surface area contributed by atoms with Gasteiger partial charge in [0, 0.05) is 30.2 Å². The topological polar surface area (TPSA) is 86.0 Å². The van der Waals surface area contributed by atoms with Crippen molar-refractivity contribution < 1.29 is 22.7 Å². The molecule has 2 aromatic heterocycles. The Hall–Kier alpha value is -3.12. The SMILES string of the molecule is Cc1cnncc1-c1nc(N2CCCC(Cc3ccc(F)c(F)c3CF)C2=O)n(COCC[Si-](C)(C)C)n1. The number of hydrogen-bond acceptors (Lipinski definition) is 6. The van der Waals surface area contributed by atoms with Crippen LogP contribution in [0.1, 0.15) is 29.5 Å². The standard InChI is InChI=1S/C26H33F3N6O2Si/c1-17-14-30-31-15-21(17)24-32-26(35(33-24)16-37-10-11-38(2,3)4)34-9-5-6-19(25(34)36)12-18-7-8-22(28)23(29)20(18)13-27/h7-8,14-15,19H,5-6,9-13,16H2,1-4H3/q-1. The van der Waals surface area contributed by atoms with E-state index in [-0.39, 0.29) is 24.6 Å². The molecule has 38 heavy (non-hydrogen) atoms. The van der Waals surface area contributed by atoms with Gasteiger partial charge >= 0.3 is 0 Å². The number of amides is 1. The number of piperidine rings is 1. The number of carbonyl (C=O) groups is 1. The van der Waals surface area contributed by atoms with Crippen molar-refractivity contribution in [2.45, 2.75) is 65.3 Å². The van der Waals surface area contributed by atoms with Crippen molar-refractivity contribution in [2.75, 3.05) is 18.1 Å². The van der Waals surface area contributed by atoms with E-state index in [0.717, 1.165) is 17.7 Å². The summed E-state index contributed by atoms with van der Waals surface area (Å²) in [6.07, 6.45) is 4.51. The summed E-state index contributed by atoms with van der Waals surface area (Å²) < 4.78 is 48.9. The normalized spacial score (nSPS) is 16.3. The zero-order valence-corrected chi connectivity index (χ0v) is 23.2. The van der Waals surface area contributed by atoms with Crippen LogP contribution in [0.15, 0.2) is 24.5 Å². The fourth-order valence-electron chi connectivity index (χ4n) is 4.45. The van der Waals surface area contributed by atoms with Crippen molar-refractivity contribution in [3.63, 3.8) is 0 Å². The predicted molar refractivity (Wildman–Crippen MR) is 140 cm³/mol. The molecule has 12 heteroatoms. The molecule has 1 aromatic carbocycles. The number of benzene rings is 1. The van der Waals surface area contributed by atoms with Crippen molar-refractivity contribution in [2.24, 2.45) is 5.92 Å². The molecule has 1 aliphatic rings. The van der Waals surface area contributed by atoms with Gasteiger partial charge in [0.2, 0.25) is 11.9 Å². The number of alkyl halides is 1. The third-order valence-corrected chi connectivity index (χ3v) is 8.42. The van der Waals surface area contributed by atoms with E-state index in [1.165, 1.54) is 6.07 Å². The molecule has 1 saturated heterocycles. The quantitative estimate of drug-likeness (QED) is 0.260. The Balaban J connectivity index is 1.61. The number of ether oxygens (including phenoxy) is 1. The highest BCUT2D eigenvalue weighted by atomic mass is 28.3. The van der Waals surface area contributed by atoms with Gasteiger partial charge in [-0.05, 0) is 43.4 Å². The van der Waals surface area contributed by atoms with Crippen LogP contribution in [0.3, 0.4) is 0 Å². The first-order valence-corrected chi connectivity index (χ1v) is 16.4. The van der Waals surface area contributed by atoms with Crippen LogP contribution in [0, 0.1) is 24.5 Å². The first-order valence-electron chi connectivity index (χ1n) is 12.7. The Kier molecular flexibility index (Phi) is 8.61. The Labute approximate surface area is 221 Å². The summed E-state index contributed by atoms with van der Waals surface area (Å²) in [4.78, 5) is 19.9. The molecule has 1 atom stereocenters. The van der Waals surface area contributed by atoms with Gasteiger partial charge in [0.05, 0.1) is 12.4 Å². The molecule has 3 heterocycles. The smallest absolute Gasteiger partial charge is 0.233 e. The van der Waals surface area contributed by atoms with Crippen molar-refractivity contribution in [3.05, 3.63) is 52.9 Å². The molecule has 8 nitrogen and oxygen atoms in total. The molecule has 0 saturated carbocycles. The molecule has 0 aliphatic carbocycles. The summed E-state index contributed by atoms with van der Waals surface area (Å²) in [5.74, 6) is -2.33. The van der Waals surface area contributed by atoms with E-state index >= 15 is 0 Å². The second-order valence-electron chi connectivity index (χ2n) is 10.8. The summed E-state index contributed by atoms with van der Waals surface area (Å²) in [6.45, 7) is 8.64. The minimum absolute atomic E-state index is 0.104. The maximum absolute atomic E-state index is 14.2. The van der Waals surface area contributed by atoms with Crippen molar-refractivity contribution in [1.82, 2.24) is 25.0 Å². The fourth-order valence-corrected chi connectivity index (χ4v) is 5.21. The predicted octanol–water partition coefficient (Wildman–Crippen LogP) is 5.09. The number of anilines is 1. The van der Waals surface area contributed by atoms with Crippen LogP contribution in [-0.2, 0) is 29.4 Å². The number of hydrogen-bond donors (Lipinski definition) is 0. The Morgan fingerprint density at radius 3 is 2.63 bits per heavy atom. The Morgan fingerprint density at radius 2 is 1.92 bits per heavy atom. The first kappa shape index (κ1) is 27.9. The van der Waals surface area contributed by atoms with Gasteiger partial charge in [-0.25, -0.2) is 17.9 Å². The summed E-state index contributed by atoms with van der Waals surface area (Å²) in [6, 6.07) is 3.31. The first-order chi connectivity index (χ1) is 18.1. The van der Waals surface area contributed by atoms with Crippen molar-refractivity contribution in [1.29, 1.82) is 0 Å². The molecule has 1 aliphatic heterocycles. The second-order valence-corrected chi connectivity index (χ2v) is 16.5. The Morgan fingerprint density at radius 1 is 1.16 bits per heavy atom. The van der Waals surface area contributed by atoms with Gasteiger partial charge in [-0.1, -0.05) is 6.07 Å². The molecule has 0 radical (unpaired) electrons. The van der Waals surface area contributed by atoms with Gasteiger partial charge in [0.1, 0.15) is 13.4 Å².